The van der Waals surface area contributed by atoms with Gasteiger partial charge in [0.05, 0.1) is 22.9 Å². The average molecular weight is 392 g/mol. The van der Waals surface area contributed by atoms with E-state index in [0.717, 1.165) is 33.5 Å². The predicted octanol–water partition coefficient (Wildman–Crippen LogP) is 4.47. The van der Waals surface area contributed by atoms with Crippen molar-refractivity contribution < 1.29 is 14.3 Å². The number of hydrogen-bond donors (Lipinski definition) is 0. The van der Waals surface area contributed by atoms with Gasteiger partial charge in [0, 0.05) is 17.0 Å². The number of amides is 1. The number of carbonyl (C=O) groups is 1. The fraction of sp³-hybridized carbons (Fsp3) is 0.182. The molecule has 0 saturated heterocycles. The highest BCUT2D eigenvalue weighted by molar-refractivity contribution is 7.09. The van der Waals surface area contributed by atoms with E-state index in [1.807, 2.05) is 60.8 Å². The lowest BCUT2D eigenvalue weighted by Crippen LogP contribution is -2.36. The first-order valence-corrected chi connectivity index (χ1v) is 9.93. The smallest absolute Gasteiger partial charge is 0.251 e. The molecule has 6 heteroatoms. The normalized spacial score (nSPS) is 13.2. The largest absolute Gasteiger partial charge is 0.490 e. The van der Waals surface area contributed by atoms with Gasteiger partial charge in [0.1, 0.15) is 24.7 Å². The van der Waals surface area contributed by atoms with Crippen molar-refractivity contribution in [2.24, 2.45) is 0 Å². The third-order valence-electron chi connectivity index (χ3n) is 4.36. The quantitative estimate of drug-likeness (QED) is 0.601. The van der Waals surface area contributed by atoms with Gasteiger partial charge in [-0.2, -0.15) is 0 Å². The number of fused-ring (bicyclic) bond motifs is 1. The van der Waals surface area contributed by atoms with E-state index in [1.165, 1.54) is 0 Å². The predicted molar refractivity (Wildman–Crippen MR) is 111 cm³/mol. The molecule has 0 fully saturated rings. The Kier molecular flexibility index (Phi) is 5.39. The Morgan fingerprint density at radius 1 is 1.25 bits per heavy atom. The molecule has 2 heterocycles. The zero-order valence-corrected chi connectivity index (χ0v) is 16.3. The maximum absolute atomic E-state index is 12.8. The lowest BCUT2D eigenvalue weighted by Gasteiger charge is -2.28. The number of aryl methyl sites for hydroxylation is 1. The summed E-state index contributed by atoms with van der Waals surface area (Å²) in [6.45, 7) is 3.39. The van der Waals surface area contributed by atoms with Crippen LogP contribution in [-0.2, 0) is 11.4 Å². The molecule has 142 valence electrons. The number of benzene rings is 2. The highest BCUT2D eigenvalue weighted by Crippen LogP contribution is 2.31. The van der Waals surface area contributed by atoms with Crippen molar-refractivity contribution in [3.63, 3.8) is 0 Å². The van der Waals surface area contributed by atoms with E-state index >= 15 is 0 Å². The topological polar surface area (TPSA) is 51.7 Å². The van der Waals surface area contributed by atoms with Crippen LogP contribution in [0.15, 0.2) is 60.0 Å². The molecule has 1 amide bonds. The molecule has 1 aliphatic heterocycles. The van der Waals surface area contributed by atoms with Crippen LogP contribution in [0.4, 0.5) is 5.69 Å². The lowest BCUT2D eigenvalue weighted by molar-refractivity contribution is -0.114. The zero-order valence-electron chi connectivity index (χ0n) is 15.5. The third-order valence-corrected chi connectivity index (χ3v) is 5.18. The van der Waals surface area contributed by atoms with Crippen LogP contribution in [0, 0.1) is 6.92 Å². The molecule has 0 spiro atoms. The number of hydrogen-bond acceptors (Lipinski definition) is 5. The Hall–Kier alpha value is -3.12. The monoisotopic (exact) mass is 392 g/mol. The second-order valence-corrected chi connectivity index (χ2v) is 7.39. The lowest BCUT2D eigenvalue weighted by atomic mass is 10.1. The van der Waals surface area contributed by atoms with Gasteiger partial charge in [0.2, 0.25) is 0 Å². The SMILES string of the molecule is Cc1nc(COc2ccccc2C=CC(=O)N2CCOc3ccccc32)cs1. The summed E-state index contributed by atoms with van der Waals surface area (Å²) in [4.78, 5) is 18.9. The Morgan fingerprint density at radius 2 is 2.07 bits per heavy atom. The average Bonchev–Trinajstić information content (AvgIpc) is 3.15. The summed E-state index contributed by atoms with van der Waals surface area (Å²) in [5.41, 5.74) is 2.55. The molecular weight excluding hydrogens is 372 g/mol. The van der Waals surface area contributed by atoms with Gasteiger partial charge in [-0.3, -0.25) is 4.79 Å². The Bertz CT molecular complexity index is 1010. The number of ether oxygens (including phenoxy) is 2. The van der Waals surface area contributed by atoms with Gasteiger partial charge in [-0.1, -0.05) is 30.3 Å². The zero-order chi connectivity index (χ0) is 19.3. The number of carbonyl (C=O) groups excluding carboxylic acids is 1. The second-order valence-electron chi connectivity index (χ2n) is 6.32. The first kappa shape index (κ1) is 18.3. The van der Waals surface area contributed by atoms with Crippen molar-refractivity contribution in [3.8, 4) is 11.5 Å². The van der Waals surface area contributed by atoms with Crippen molar-refractivity contribution in [2.45, 2.75) is 13.5 Å². The van der Waals surface area contributed by atoms with E-state index in [1.54, 1.807) is 28.4 Å². The molecule has 1 aliphatic rings. The molecular formula is C22H20N2O3S. The number of anilines is 1. The molecule has 5 nitrogen and oxygen atoms in total. The summed E-state index contributed by atoms with van der Waals surface area (Å²) in [7, 11) is 0. The van der Waals surface area contributed by atoms with Crippen LogP contribution < -0.4 is 14.4 Å². The van der Waals surface area contributed by atoms with Crippen molar-refractivity contribution in [3.05, 3.63) is 76.3 Å². The number of nitrogens with zero attached hydrogens (tertiary/aromatic N) is 2. The highest BCUT2D eigenvalue weighted by Gasteiger charge is 2.21. The van der Waals surface area contributed by atoms with E-state index in [-0.39, 0.29) is 5.91 Å². The summed E-state index contributed by atoms with van der Waals surface area (Å²) in [6.07, 6.45) is 3.37. The van der Waals surface area contributed by atoms with Gasteiger partial charge in [-0.25, -0.2) is 4.98 Å². The van der Waals surface area contributed by atoms with Crippen LogP contribution in [0.3, 0.4) is 0 Å². The van der Waals surface area contributed by atoms with E-state index in [2.05, 4.69) is 4.98 Å². The fourth-order valence-electron chi connectivity index (χ4n) is 3.03. The Labute approximate surface area is 167 Å². The minimum Gasteiger partial charge on any atom is -0.490 e. The summed E-state index contributed by atoms with van der Waals surface area (Å²) >= 11 is 1.60. The van der Waals surface area contributed by atoms with Gasteiger partial charge in [0.15, 0.2) is 0 Å². The third kappa shape index (κ3) is 4.07. The van der Waals surface area contributed by atoms with Crippen molar-refractivity contribution in [2.75, 3.05) is 18.1 Å². The van der Waals surface area contributed by atoms with E-state index in [9.17, 15) is 4.79 Å². The van der Waals surface area contributed by atoms with Gasteiger partial charge in [-0.15, -0.1) is 11.3 Å². The van der Waals surface area contributed by atoms with Gasteiger partial charge >= 0.3 is 0 Å². The molecule has 0 radical (unpaired) electrons. The number of thiazole rings is 1. The Balaban J connectivity index is 1.48. The van der Waals surface area contributed by atoms with Crippen molar-refractivity contribution in [1.29, 1.82) is 0 Å². The van der Waals surface area contributed by atoms with Gasteiger partial charge in [0.25, 0.3) is 5.91 Å². The molecule has 28 heavy (non-hydrogen) atoms. The second kappa shape index (κ2) is 8.27. The van der Waals surface area contributed by atoms with E-state index < -0.39 is 0 Å². The summed E-state index contributed by atoms with van der Waals surface area (Å²) in [6, 6.07) is 15.2. The van der Waals surface area contributed by atoms with Crippen LogP contribution in [0.25, 0.3) is 6.08 Å². The minimum absolute atomic E-state index is 0.0827. The number of para-hydroxylation sites is 3. The van der Waals surface area contributed by atoms with Crippen LogP contribution in [0.2, 0.25) is 0 Å². The highest BCUT2D eigenvalue weighted by atomic mass is 32.1. The maximum atomic E-state index is 12.8. The first-order valence-electron chi connectivity index (χ1n) is 9.05. The van der Waals surface area contributed by atoms with Gasteiger partial charge in [-0.05, 0) is 31.2 Å². The summed E-state index contributed by atoms with van der Waals surface area (Å²) in [5.74, 6) is 1.37. The fourth-order valence-corrected chi connectivity index (χ4v) is 3.62. The standard InChI is InChI=1S/C22H20N2O3S/c1-16-23-18(15-28-16)14-27-20-8-4-2-6-17(20)10-11-22(25)24-12-13-26-21-9-5-3-7-19(21)24/h2-11,15H,12-14H2,1H3. The van der Waals surface area contributed by atoms with E-state index in [0.29, 0.717) is 19.8 Å². The maximum Gasteiger partial charge on any atom is 0.251 e. The van der Waals surface area contributed by atoms with E-state index in [4.69, 9.17) is 9.47 Å². The minimum atomic E-state index is -0.0827. The number of aromatic nitrogens is 1. The first-order chi connectivity index (χ1) is 13.7. The van der Waals surface area contributed by atoms with Crippen LogP contribution in [-0.4, -0.2) is 24.0 Å². The molecule has 0 N–H and O–H groups in total. The van der Waals surface area contributed by atoms with Crippen molar-refractivity contribution >= 4 is 29.0 Å². The summed E-state index contributed by atoms with van der Waals surface area (Å²) in [5, 5.41) is 3.01. The molecule has 4 rings (SSSR count). The summed E-state index contributed by atoms with van der Waals surface area (Å²) < 4.78 is 11.5. The molecule has 0 atom stereocenters. The van der Waals surface area contributed by atoms with Crippen LogP contribution in [0.5, 0.6) is 11.5 Å². The molecule has 3 aromatic rings. The van der Waals surface area contributed by atoms with Gasteiger partial charge < -0.3 is 14.4 Å². The molecule has 1 aromatic heterocycles. The molecule has 0 unspecified atom stereocenters. The molecule has 0 aliphatic carbocycles. The molecule has 2 aromatic carbocycles. The van der Waals surface area contributed by atoms with Crippen LogP contribution >= 0.6 is 11.3 Å². The van der Waals surface area contributed by atoms with Crippen LogP contribution in [0.1, 0.15) is 16.3 Å². The molecule has 0 saturated carbocycles. The Morgan fingerprint density at radius 3 is 2.93 bits per heavy atom. The number of rotatable bonds is 5. The molecule has 0 bridgehead atoms. The van der Waals surface area contributed by atoms with Crippen molar-refractivity contribution in [1.82, 2.24) is 4.98 Å².